The van der Waals surface area contributed by atoms with Crippen molar-refractivity contribution in [2.75, 3.05) is 24.5 Å². The van der Waals surface area contributed by atoms with Crippen molar-refractivity contribution < 1.29 is 9.59 Å². The molecule has 4 rings (SSSR count). The number of carbonyl (C=O) groups is 2. The van der Waals surface area contributed by atoms with E-state index in [1.807, 2.05) is 29.2 Å². The number of nitrogens with one attached hydrogen (secondary N) is 2. The van der Waals surface area contributed by atoms with E-state index in [4.69, 9.17) is 0 Å². The Bertz CT molecular complexity index is 831. The van der Waals surface area contributed by atoms with Crippen LogP contribution in [-0.2, 0) is 10.3 Å². The van der Waals surface area contributed by atoms with Crippen LogP contribution in [0.3, 0.4) is 0 Å². The van der Waals surface area contributed by atoms with E-state index >= 15 is 0 Å². The lowest BCUT2D eigenvalue weighted by molar-refractivity contribution is -0.120. The maximum Gasteiger partial charge on any atom is 0.270 e. The summed E-state index contributed by atoms with van der Waals surface area (Å²) >= 11 is 0. The van der Waals surface area contributed by atoms with Crippen LogP contribution in [-0.4, -0.2) is 36.4 Å². The predicted molar refractivity (Wildman–Crippen MR) is 104 cm³/mol. The van der Waals surface area contributed by atoms with Crippen LogP contribution in [0.1, 0.15) is 41.7 Å². The Hall–Kier alpha value is -2.89. The zero-order chi connectivity index (χ0) is 18.7. The first-order chi connectivity index (χ1) is 13.2. The predicted octanol–water partition coefficient (Wildman–Crippen LogP) is 2.22. The van der Waals surface area contributed by atoms with Crippen LogP contribution in [0.5, 0.6) is 0 Å². The molecule has 1 aliphatic heterocycles. The Morgan fingerprint density at radius 2 is 1.93 bits per heavy atom. The molecule has 0 radical (unpaired) electrons. The number of hydrogen-bond acceptors (Lipinski definition) is 4. The number of amides is 2. The fourth-order valence-corrected chi connectivity index (χ4v) is 4.10. The summed E-state index contributed by atoms with van der Waals surface area (Å²) in [5, 5.41) is 6.08. The number of hydrogen-bond donors (Lipinski definition) is 2. The first kappa shape index (κ1) is 17.5. The van der Waals surface area contributed by atoms with Gasteiger partial charge in [0.2, 0.25) is 5.91 Å². The molecule has 1 aromatic heterocycles. The molecule has 2 heterocycles. The van der Waals surface area contributed by atoms with Gasteiger partial charge in [-0.05, 0) is 30.5 Å². The smallest absolute Gasteiger partial charge is 0.270 e. The summed E-state index contributed by atoms with van der Waals surface area (Å²) in [7, 11) is 0. The van der Waals surface area contributed by atoms with Gasteiger partial charge in [0.05, 0.1) is 12.1 Å². The van der Waals surface area contributed by atoms with Gasteiger partial charge >= 0.3 is 0 Å². The number of anilines is 1. The molecule has 2 aliphatic rings. The summed E-state index contributed by atoms with van der Waals surface area (Å²) in [5.41, 5.74) is 2.08. The summed E-state index contributed by atoms with van der Waals surface area (Å²) in [6, 6.07) is 13.8. The number of benzene rings is 1. The van der Waals surface area contributed by atoms with Crippen LogP contribution in [0.25, 0.3) is 0 Å². The first-order valence-corrected chi connectivity index (χ1v) is 9.52. The summed E-state index contributed by atoms with van der Waals surface area (Å²) in [6.45, 7) is 1.64. The van der Waals surface area contributed by atoms with Gasteiger partial charge in [0, 0.05) is 25.0 Å². The standard InChI is InChI=1S/C21H24N4O2/c26-19-15-25(13-12-23-19)17-8-11-22-18(14-17)20(27)24-21(9-4-5-10-21)16-6-2-1-3-7-16/h1-3,6-8,11,14H,4-5,9-10,12-13,15H2,(H,23,26)(H,24,27). The summed E-state index contributed by atoms with van der Waals surface area (Å²) in [6.07, 6.45) is 5.72. The van der Waals surface area contributed by atoms with Crippen molar-refractivity contribution in [3.05, 3.63) is 59.9 Å². The highest BCUT2D eigenvalue weighted by atomic mass is 16.2. The van der Waals surface area contributed by atoms with Crippen LogP contribution in [0.4, 0.5) is 5.69 Å². The fourth-order valence-electron chi connectivity index (χ4n) is 4.10. The molecule has 2 N–H and O–H groups in total. The lowest BCUT2D eigenvalue weighted by Gasteiger charge is -2.31. The zero-order valence-electron chi connectivity index (χ0n) is 15.3. The van der Waals surface area contributed by atoms with Crippen molar-refractivity contribution in [3.63, 3.8) is 0 Å². The van der Waals surface area contributed by atoms with Gasteiger partial charge in [0.15, 0.2) is 0 Å². The van der Waals surface area contributed by atoms with Crippen LogP contribution >= 0.6 is 0 Å². The van der Waals surface area contributed by atoms with Gasteiger partial charge in [0.1, 0.15) is 5.69 Å². The SMILES string of the molecule is O=C1CN(c2ccnc(C(=O)NC3(c4ccccc4)CCCC3)c2)CCN1. The molecule has 2 amide bonds. The molecule has 0 unspecified atom stereocenters. The third-order valence-corrected chi connectivity index (χ3v) is 5.52. The molecule has 6 heteroatoms. The van der Waals surface area contributed by atoms with E-state index in [0.717, 1.165) is 43.5 Å². The molecule has 0 bridgehead atoms. The molecule has 1 aliphatic carbocycles. The second kappa shape index (κ2) is 7.39. The van der Waals surface area contributed by atoms with Gasteiger partial charge in [-0.15, -0.1) is 0 Å². The average molecular weight is 364 g/mol. The average Bonchev–Trinajstić information content (AvgIpc) is 3.18. The van der Waals surface area contributed by atoms with Gasteiger partial charge in [-0.3, -0.25) is 14.6 Å². The molecule has 6 nitrogen and oxygen atoms in total. The van der Waals surface area contributed by atoms with E-state index < -0.39 is 0 Å². The molecule has 2 fully saturated rings. The largest absolute Gasteiger partial charge is 0.360 e. The maximum atomic E-state index is 13.0. The second-order valence-corrected chi connectivity index (χ2v) is 7.28. The van der Waals surface area contributed by atoms with Gasteiger partial charge in [0.25, 0.3) is 5.91 Å². The molecule has 1 saturated carbocycles. The minimum absolute atomic E-state index is 0.00181. The van der Waals surface area contributed by atoms with Crippen molar-refractivity contribution in [3.8, 4) is 0 Å². The van der Waals surface area contributed by atoms with Crippen LogP contribution in [0.2, 0.25) is 0 Å². The number of nitrogens with zero attached hydrogens (tertiary/aromatic N) is 2. The number of aromatic nitrogens is 1. The Balaban J connectivity index is 1.56. The van der Waals surface area contributed by atoms with Crippen molar-refractivity contribution >= 4 is 17.5 Å². The van der Waals surface area contributed by atoms with E-state index in [-0.39, 0.29) is 17.4 Å². The van der Waals surface area contributed by atoms with Crippen molar-refractivity contribution in [2.24, 2.45) is 0 Å². The summed E-state index contributed by atoms with van der Waals surface area (Å²) < 4.78 is 0. The number of piperazine rings is 1. The molecule has 1 aromatic carbocycles. The monoisotopic (exact) mass is 364 g/mol. The molecule has 2 aromatic rings. The minimum atomic E-state index is -0.318. The summed E-state index contributed by atoms with van der Waals surface area (Å²) in [4.78, 5) is 30.9. The lowest BCUT2D eigenvalue weighted by atomic mass is 9.88. The topological polar surface area (TPSA) is 74.3 Å². The molecule has 27 heavy (non-hydrogen) atoms. The van der Waals surface area contributed by atoms with Crippen molar-refractivity contribution in [1.29, 1.82) is 0 Å². The third kappa shape index (κ3) is 3.65. The normalized spacial score (nSPS) is 18.8. The molecule has 140 valence electrons. The van der Waals surface area contributed by atoms with E-state index in [2.05, 4.69) is 27.8 Å². The van der Waals surface area contributed by atoms with Crippen molar-refractivity contribution in [2.45, 2.75) is 31.2 Å². The van der Waals surface area contributed by atoms with E-state index in [9.17, 15) is 9.59 Å². The Kier molecular flexibility index (Phi) is 4.79. The van der Waals surface area contributed by atoms with Gasteiger partial charge < -0.3 is 15.5 Å². The minimum Gasteiger partial charge on any atom is -0.360 e. The van der Waals surface area contributed by atoms with E-state index in [1.54, 1.807) is 12.3 Å². The number of pyridine rings is 1. The number of carbonyl (C=O) groups excluding carboxylic acids is 2. The summed E-state index contributed by atoms with van der Waals surface area (Å²) in [5.74, 6) is -0.165. The third-order valence-electron chi connectivity index (χ3n) is 5.52. The molecule has 1 saturated heterocycles. The second-order valence-electron chi connectivity index (χ2n) is 7.28. The van der Waals surface area contributed by atoms with Gasteiger partial charge in [-0.25, -0.2) is 0 Å². The quantitative estimate of drug-likeness (QED) is 0.872. The molecular weight excluding hydrogens is 340 g/mol. The van der Waals surface area contributed by atoms with Crippen LogP contribution in [0.15, 0.2) is 48.7 Å². The highest BCUT2D eigenvalue weighted by Gasteiger charge is 2.37. The Morgan fingerprint density at radius 1 is 1.15 bits per heavy atom. The highest BCUT2D eigenvalue weighted by Crippen LogP contribution is 2.38. The molecule has 0 atom stereocenters. The van der Waals surface area contributed by atoms with Gasteiger partial charge in [-0.1, -0.05) is 43.2 Å². The van der Waals surface area contributed by atoms with Crippen LogP contribution < -0.4 is 15.5 Å². The molecular formula is C21H24N4O2. The number of rotatable bonds is 4. The van der Waals surface area contributed by atoms with Crippen LogP contribution in [0, 0.1) is 0 Å². The highest BCUT2D eigenvalue weighted by molar-refractivity contribution is 5.94. The van der Waals surface area contributed by atoms with Crippen molar-refractivity contribution in [1.82, 2.24) is 15.6 Å². The fraction of sp³-hybridized carbons (Fsp3) is 0.381. The zero-order valence-corrected chi connectivity index (χ0v) is 15.3. The van der Waals surface area contributed by atoms with Gasteiger partial charge in [-0.2, -0.15) is 0 Å². The Morgan fingerprint density at radius 3 is 2.67 bits per heavy atom. The molecule has 0 spiro atoms. The maximum absolute atomic E-state index is 13.0. The van der Waals surface area contributed by atoms with E-state index in [1.165, 1.54) is 0 Å². The Labute approximate surface area is 159 Å². The first-order valence-electron chi connectivity index (χ1n) is 9.52. The lowest BCUT2D eigenvalue weighted by Crippen LogP contribution is -2.48. The van der Waals surface area contributed by atoms with E-state index in [0.29, 0.717) is 18.8 Å².